The first-order chi connectivity index (χ1) is 9.65. The summed E-state index contributed by atoms with van der Waals surface area (Å²) in [5.41, 5.74) is 1.08. The number of ether oxygens (including phenoxy) is 1. The van der Waals surface area contributed by atoms with Gasteiger partial charge in [0.05, 0.1) is 0 Å². The Kier molecular flexibility index (Phi) is 5.99. The summed E-state index contributed by atoms with van der Waals surface area (Å²) in [6, 6.07) is 7.66. The lowest BCUT2D eigenvalue weighted by atomic mass is 9.96. The number of rotatable bonds is 9. The van der Waals surface area contributed by atoms with Crippen LogP contribution in [0.25, 0.3) is 0 Å². The second kappa shape index (κ2) is 7.75. The molecule has 1 unspecified atom stereocenters. The number of halogens is 1. The van der Waals surface area contributed by atoms with Gasteiger partial charge < -0.3 is 10.1 Å². The van der Waals surface area contributed by atoms with Gasteiger partial charge in [-0.3, -0.25) is 0 Å². The van der Waals surface area contributed by atoms with Gasteiger partial charge in [-0.05, 0) is 48.8 Å². The number of hydrogen-bond donors (Lipinski definition) is 1. The lowest BCUT2D eigenvalue weighted by Gasteiger charge is -2.19. The molecule has 1 aromatic carbocycles. The van der Waals surface area contributed by atoms with Crippen LogP contribution >= 0.6 is 0 Å². The van der Waals surface area contributed by atoms with Gasteiger partial charge in [0.25, 0.3) is 0 Å². The molecule has 0 amide bonds. The topological polar surface area (TPSA) is 21.3 Å². The standard InChI is InChI=1S/C17H26FNO/c1-13(2)12-20-9-8-15(11-19-17-6-7-17)14-4-3-5-16(18)10-14/h3-5,10,13,15,17,19H,6-9,11-12H2,1-2H3. The van der Waals surface area contributed by atoms with Gasteiger partial charge in [0.15, 0.2) is 0 Å². The minimum atomic E-state index is -0.151. The Balaban J connectivity index is 1.85. The van der Waals surface area contributed by atoms with Crippen LogP contribution < -0.4 is 5.32 Å². The Morgan fingerprint density at radius 1 is 1.35 bits per heavy atom. The van der Waals surface area contributed by atoms with Crippen molar-refractivity contribution in [2.24, 2.45) is 5.92 Å². The molecule has 0 saturated heterocycles. The summed E-state index contributed by atoms with van der Waals surface area (Å²) < 4.78 is 19.1. The lowest BCUT2D eigenvalue weighted by molar-refractivity contribution is 0.103. The highest BCUT2D eigenvalue weighted by atomic mass is 19.1. The molecule has 0 aromatic heterocycles. The molecule has 0 heterocycles. The van der Waals surface area contributed by atoms with Crippen LogP contribution in [0.1, 0.15) is 44.6 Å². The quantitative estimate of drug-likeness (QED) is 0.696. The van der Waals surface area contributed by atoms with Gasteiger partial charge in [-0.15, -0.1) is 0 Å². The lowest BCUT2D eigenvalue weighted by Crippen LogP contribution is -2.24. The minimum absolute atomic E-state index is 0.151. The monoisotopic (exact) mass is 279 g/mol. The normalized spacial score (nSPS) is 16.6. The summed E-state index contributed by atoms with van der Waals surface area (Å²) in [7, 11) is 0. The van der Waals surface area contributed by atoms with Crippen LogP contribution in [0.5, 0.6) is 0 Å². The van der Waals surface area contributed by atoms with Crippen LogP contribution in [-0.4, -0.2) is 25.8 Å². The van der Waals surface area contributed by atoms with Crippen LogP contribution in [0.4, 0.5) is 4.39 Å². The molecule has 1 atom stereocenters. The summed E-state index contributed by atoms with van der Waals surface area (Å²) in [6.45, 7) is 6.76. The summed E-state index contributed by atoms with van der Waals surface area (Å²) in [5.74, 6) is 0.743. The van der Waals surface area contributed by atoms with E-state index in [1.807, 2.05) is 6.07 Å². The maximum atomic E-state index is 13.4. The van der Waals surface area contributed by atoms with Crippen LogP contribution in [0, 0.1) is 11.7 Å². The van der Waals surface area contributed by atoms with Crippen LogP contribution in [0.2, 0.25) is 0 Å². The van der Waals surface area contributed by atoms with E-state index in [0.717, 1.165) is 31.7 Å². The van der Waals surface area contributed by atoms with E-state index in [1.165, 1.54) is 18.9 Å². The SMILES string of the molecule is CC(C)COCCC(CNC1CC1)c1cccc(F)c1. The largest absolute Gasteiger partial charge is 0.381 e. The molecule has 1 fully saturated rings. The predicted octanol–water partition coefficient (Wildman–Crippen LogP) is 3.72. The van der Waals surface area contributed by atoms with Crippen LogP contribution in [0.3, 0.4) is 0 Å². The van der Waals surface area contributed by atoms with Crippen molar-refractivity contribution in [2.75, 3.05) is 19.8 Å². The molecular weight excluding hydrogens is 253 g/mol. The van der Waals surface area contributed by atoms with Gasteiger partial charge in [0.1, 0.15) is 5.82 Å². The molecule has 0 spiro atoms. The van der Waals surface area contributed by atoms with Crippen LogP contribution in [-0.2, 0) is 4.74 Å². The molecule has 3 heteroatoms. The van der Waals surface area contributed by atoms with Crippen molar-refractivity contribution in [3.63, 3.8) is 0 Å². The summed E-state index contributed by atoms with van der Waals surface area (Å²) in [4.78, 5) is 0. The fourth-order valence-corrected chi connectivity index (χ4v) is 2.29. The molecule has 0 bridgehead atoms. The van der Waals surface area contributed by atoms with Crippen molar-refractivity contribution in [1.29, 1.82) is 0 Å². The highest BCUT2D eigenvalue weighted by Gasteiger charge is 2.22. The fourth-order valence-electron chi connectivity index (χ4n) is 2.29. The van der Waals surface area contributed by atoms with Crippen molar-refractivity contribution in [3.05, 3.63) is 35.6 Å². The Labute approximate surface area is 121 Å². The van der Waals surface area contributed by atoms with E-state index in [2.05, 4.69) is 19.2 Å². The van der Waals surface area contributed by atoms with Gasteiger partial charge in [-0.25, -0.2) is 4.39 Å². The molecule has 1 saturated carbocycles. The Morgan fingerprint density at radius 3 is 2.80 bits per heavy atom. The first-order valence-corrected chi connectivity index (χ1v) is 7.71. The van der Waals surface area contributed by atoms with Gasteiger partial charge in [0.2, 0.25) is 0 Å². The number of nitrogens with one attached hydrogen (secondary N) is 1. The Bertz CT molecular complexity index is 404. The van der Waals surface area contributed by atoms with Crippen molar-refractivity contribution in [1.82, 2.24) is 5.32 Å². The maximum Gasteiger partial charge on any atom is 0.123 e. The Morgan fingerprint density at radius 2 is 2.15 bits per heavy atom. The third-order valence-corrected chi connectivity index (χ3v) is 3.61. The van der Waals surface area contributed by atoms with Crippen molar-refractivity contribution in [3.8, 4) is 0 Å². The Hall–Kier alpha value is -0.930. The summed E-state index contributed by atoms with van der Waals surface area (Å²) >= 11 is 0. The van der Waals surface area contributed by atoms with E-state index in [9.17, 15) is 4.39 Å². The first kappa shape index (κ1) is 15.5. The second-order valence-corrected chi connectivity index (χ2v) is 6.19. The third kappa shape index (κ3) is 5.59. The second-order valence-electron chi connectivity index (χ2n) is 6.19. The zero-order valence-electron chi connectivity index (χ0n) is 12.6. The summed E-state index contributed by atoms with van der Waals surface area (Å²) in [6.07, 6.45) is 3.50. The molecule has 1 aliphatic carbocycles. The molecule has 1 aliphatic rings. The van der Waals surface area contributed by atoms with Crippen molar-refractivity contribution in [2.45, 2.75) is 45.1 Å². The first-order valence-electron chi connectivity index (χ1n) is 7.71. The molecule has 1 aromatic rings. The molecule has 1 N–H and O–H groups in total. The highest BCUT2D eigenvalue weighted by Crippen LogP contribution is 2.24. The van der Waals surface area contributed by atoms with E-state index in [0.29, 0.717) is 17.9 Å². The zero-order chi connectivity index (χ0) is 14.4. The van der Waals surface area contributed by atoms with E-state index >= 15 is 0 Å². The molecule has 2 nitrogen and oxygen atoms in total. The maximum absolute atomic E-state index is 13.4. The predicted molar refractivity (Wildman–Crippen MR) is 80.4 cm³/mol. The van der Waals surface area contributed by atoms with E-state index in [-0.39, 0.29) is 5.82 Å². The zero-order valence-corrected chi connectivity index (χ0v) is 12.6. The smallest absolute Gasteiger partial charge is 0.123 e. The number of benzene rings is 1. The van der Waals surface area contributed by atoms with E-state index < -0.39 is 0 Å². The molecular formula is C17H26FNO. The average molecular weight is 279 g/mol. The van der Waals surface area contributed by atoms with Gasteiger partial charge >= 0.3 is 0 Å². The molecule has 20 heavy (non-hydrogen) atoms. The van der Waals surface area contributed by atoms with E-state index in [1.54, 1.807) is 12.1 Å². The highest BCUT2D eigenvalue weighted by molar-refractivity contribution is 5.21. The van der Waals surface area contributed by atoms with Crippen molar-refractivity contribution >= 4 is 0 Å². The third-order valence-electron chi connectivity index (χ3n) is 3.61. The van der Waals surface area contributed by atoms with Gasteiger partial charge in [-0.2, -0.15) is 0 Å². The molecule has 0 aliphatic heterocycles. The minimum Gasteiger partial charge on any atom is -0.381 e. The fraction of sp³-hybridized carbons (Fsp3) is 0.647. The molecule has 0 radical (unpaired) electrons. The molecule has 2 rings (SSSR count). The van der Waals surface area contributed by atoms with Gasteiger partial charge in [0, 0.05) is 25.8 Å². The molecule has 112 valence electrons. The van der Waals surface area contributed by atoms with Crippen molar-refractivity contribution < 1.29 is 9.13 Å². The van der Waals surface area contributed by atoms with Gasteiger partial charge in [-0.1, -0.05) is 26.0 Å². The summed E-state index contributed by atoms with van der Waals surface area (Å²) in [5, 5.41) is 3.55. The number of hydrogen-bond acceptors (Lipinski definition) is 2. The van der Waals surface area contributed by atoms with Crippen LogP contribution in [0.15, 0.2) is 24.3 Å². The van der Waals surface area contributed by atoms with E-state index in [4.69, 9.17) is 4.74 Å². The average Bonchev–Trinajstić information content (AvgIpc) is 3.21.